The maximum Gasteiger partial charge on any atom is 0.243 e. The SMILES string of the molecule is CCCCCCNC(=NCC(=O)N(C)C)NCCc1ccco1. The highest BCUT2D eigenvalue weighted by atomic mass is 16.3. The lowest BCUT2D eigenvalue weighted by Gasteiger charge is -2.13. The minimum atomic E-state index is -0.0110. The number of furan rings is 1. The first kappa shape index (κ1) is 19.1. The average molecular weight is 322 g/mol. The Morgan fingerprint density at radius 1 is 1.22 bits per heavy atom. The molecule has 0 saturated heterocycles. The van der Waals surface area contributed by atoms with Crippen LogP contribution in [-0.2, 0) is 11.2 Å². The van der Waals surface area contributed by atoms with E-state index in [4.69, 9.17) is 4.42 Å². The smallest absolute Gasteiger partial charge is 0.243 e. The molecule has 0 unspecified atom stereocenters. The first-order chi connectivity index (χ1) is 11.1. The number of amides is 1. The van der Waals surface area contributed by atoms with Crippen LogP contribution in [0.4, 0.5) is 0 Å². The molecule has 1 heterocycles. The van der Waals surface area contributed by atoms with Crippen LogP contribution >= 0.6 is 0 Å². The van der Waals surface area contributed by atoms with E-state index >= 15 is 0 Å². The van der Waals surface area contributed by atoms with E-state index in [0.29, 0.717) is 12.5 Å². The maximum atomic E-state index is 11.7. The molecule has 0 aliphatic rings. The molecule has 6 nitrogen and oxygen atoms in total. The van der Waals surface area contributed by atoms with Gasteiger partial charge in [0.15, 0.2) is 5.96 Å². The zero-order chi connectivity index (χ0) is 16.9. The molecule has 0 bridgehead atoms. The predicted molar refractivity (Wildman–Crippen MR) is 93.6 cm³/mol. The molecule has 1 amide bonds. The number of rotatable bonds is 10. The molecule has 0 radical (unpaired) electrons. The molecular formula is C17H30N4O2. The van der Waals surface area contributed by atoms with Crippen LogP contribution in [0.3, 0.4) is 0 Å². The van der Waals surface area contributed by atoms with E-state index in [-0.39, 0.29) is 12.5 Å². The van der Waals surface area contributed by atoms with Crippen LogP contribution in [0.1, 0.15) is 38.4 Å². The van der Waals surface area contributed by atoms with E-state index < -0.39 is 0 Å². The molecular weight excluding hydrogens is 292 g/mol. The molecule has 0 aliphatic carbocycles. The Hall–Kier alpha value is -1.98. The van der Waals surface area contributed by atoms with Crippen LogP contribution in [0, 0.1) is 0 Å². The first-order valence-corrected chi connectivity index (χ1v) is 8.38. The van der Waals surface area contributed by atoms with E-state index in [1.807, 2.05) is 12.1 Å². The van der Waals surface area contributed by atoms with Crippen molar-refractivity contribution in [3.8, 4) is 0 Å². The minimum absolute atomic E-state index is 0.0110. The van der Waals surface area contributed by atoms with Crippen LogP contribution in [0.15, 0.2) is 27.8 Å². The fourth-order valence-electron chi connectivity index (χ4n) is 1.98. The number of hydrogen-bond acceptors (Lipinski definition) is 3. The quantitative estimate of drug-likeness (QED) is 0.393. The molecule has 0 saturated carbocycles. The second-order valence-corrected chi connectivity index (χ2v) is 5.70. The largest absolute Gasteiger partial charge is 0.469 e. The number of carbonyl (C=O) groups excluding carboxylic acids is 1. The molecule has 0 aromatic carbocycles. The van der Waals surface area contributed by atoms with Crippen molar-refractivity contribution in [2.45, 2.75) is 39.0 Å². The van der Waals surface area contributed by atoms with Crippen molar-refractivity contribution in [1.29, 1.82) is 0 Å². The minimum Gasteiger partial charge on any atom is -0.469 e. The van der Waals surface area contributed by atoms with Gasteiger partial charge in [-0.3, -0.25) is 4.79 Å². The van der Waals surface area contributed by atoms with Gasteiger partial charge in [-0.2, -0.15) is 0 Å². The summed E-state index contributed by atoms with van der Waals surface area (Å²) in [6, 6.07) is 3.83. The zero-order valence-corrected chi connectivity index (χ0v) is 14.6. The molecule has 0 aliphatic heterocycles. The Morgan fingerprint density at radius 2 is 2.00 bits per heavy atom. The van der Waals surface area contributed by atoms with Crippen molar-refractivity contribution in [1.82, 2.24) is 15.5 Å². The van der Waals surface area contributed by atoms with E-state index in [1.165, 1.54) is 19.3 Å². The maximum absolute atomic E-state index is 11.7. The molecule has 23 heavy (non-hydrogen) atoms. The molecule has 0 atom stereocenters. The number of aliphatic imine (C=N–C) groups is 1. The van der Waals surface area contributed by atoms with Gasteiger partial charge >= 0.3 is 0 Å². The van der Waals surface area contributed by atoms with E-state index in [0.717, 1.165) is 25.1 Å². The fourth-order valence-corrected chi connectivity index (χ4v) is 1.98. The Morgan fingerprint density at radius 3 is 2.65 bits per heavy atom. The zero-order valence-electron chi connectivity index (χ0n) is 14.6. The third-order valence-corrected chi connectivity index (χ3v) is 3.44. The van der Waals surface area contributed by atoms with Gasteiger partial charge in [0.25, 0.3) is 0 Å². The standard InChI is InChI=1S/C17H30N4O2/c1-4-5-6-7-11-18-17(20-14-16(22)21(2)3)19-12-10-15-9-8-13-23-15/h8-9,13H,4-7,10-12,14H2,1-3H3,(H2,18,19,20). The topological polar surface area (TPSA) is 69.9 Å². The number of guanidine groups is 1. The van der Waals surface area contributed by atoms with Crippen molar-refractivity contribution in [2.75, 3.05) is 33.7 Å². The lowest BCUT2D eigenvalue weighted by Crippen LogP contribution is -2.40. The van der Waals surface area contributed by atoms with Crippen LogP contribution in [0.5, 0.6) is 0 Å². The molecule has 0 fully saturated rings. The van der Waals surface area contributed by atoms with Crippen LogP contribution in [0.2, 0.25) is 0 Å². The van der Waals surface area contributed by atoms with Crippen molar-refractivity contribution >= 4 is 11.9 Å². The molecule has 1 rings (SSSR count). The Bertz CT molecular complexity index is 455. The third kappa shape index (κ3) is 8.90. The molecule has 2 N–H and O–H groups in total. The van der Waals surface area contributed by atoms with Gasteiger partial charge < -0.3 is 20.0 Å². The van der Waals surface area contributed by atoms with Gasteiger partial charge in [0.1, 0.15) is 12.3 Å². The first-order valence-electron chi connectivity index (χ1n) is 8.38. The Labute approximate surface area is 139 Å². The summed E-state index contributed by atoms with van der Waals surface area (Å²) in [5.41, 5.74) is 0. The van der Waals surface area contributed by atoms with Gasteiger partial charge in [-0.05, 0) is 18.6 Å². The van der Waals surface area contributed by atoms with Gasteiger partial charge in [-0.1, -0.05) is 26.2 Å². The number of nitrogens with zero attached hydrogens (tertiary/aromatic N) is 2. The molecule has 0 spiro atoms. The summed E-state index contributed by atoms with van der Waals surface area (Å²) >= 11 is 0. The van der Waals surface area contributed by atoms with Crippen LogP contribution in [-0.4, -0.2) is 50.5 Å². The summed E-state index contributed by atoms with van der Waals surface area (Å²) in [5, 5.41) is 6.54. The van der Waals surface area contributed by atoms with Gasteiger partial charge in [0.05, 0.1) is 6.26 Å². The summed E-state index contributed by atoms with van der Waals surface area (Å²) in [7, 11) is 3.47. The summed E-state index contributed by atoms with van der Waals surface area (Å²) < 4.78 is 5.31. The second-order valence-electron chi connectivity index (χ2n) is 5.70. The highest BCUT2D eigenvalue weighted by molar-refractivity contribution is 5.84. The van der Waals surface area contributed by atoms with E-state index in [2.05, 4.69) is 22.5 Å². The summed E-state index contributed by atoms with van der Waals surface area (Å²) in [6.07, 6.45) is 7.24. The number of nitrogens with one attached hydrogen (secondary N) is 2. The highest BCUT2D eigenvalue weighted by Crippen LogP contribution is 1.99. The number of unbranched alkanes of at least 4 members (excludes halogenated alkanes) is 3. The van der Waals surface area contributed by atoms with Crippen molar-refractivity contribution in [2.24, 2.45) is 4.99 Å². The molecule has 1 aromatic rings. The van der Waals surface area contributed by atoms with Gasteiger partial charge in [0, 0.05) is 33.6 Å². The monoisotopic (exact) mass is 322 g/mol. The third-order valence-electron chi connectivity index (χ3n) is 3.44. The Kier molecular flexibility index (Phi) is 9.59. The number of carbonyl (C=O) groups is 1. The highest BCUT2D eigenvalue weighted by Gasteiger charge is 2.04. The summed E-state index contributed by atoms with van der Waals surface area (Å²) in [4.78, 5) is 17.6. The normalized spacial score (nSPS) is 11.3. The molecule has 6 heteroatoms. The summed E-state index contributed by atoms with van der Waals surface area (Å²) in [5.74, 6) is 1.61. The van der Waals surface area contributed by atoms with Crippen LogP contribution in [0.25, 0.3) is 0 Å². The molecule has 130 valence electrons. The predicted octanol–water partition coefficient (Wildman–Crippen LogP) is 2.03. The van der Waals surface area contributed by atoms with Crippen molar-refractivity contribution < 1.29 is 9.21 Å². The fraction of sp³-hybridized carbons (Fsp3) is 0.647. The Balaban J connectivity index is 2.39. The van der Waals surface area contributed by atoms with Gasteiger partial charge in [0.2, 0.25) is 5.91 Å². The molecule has 1 aromatic heterocycles. The summed E-state index contributed by atoms with van der Waals surface area (Å²) in [6.45, 7) is 3.93. The number of likely N-dealkylation sites (N-methyl/N-ethyl adjacent to an activating group) is 1. The van der Waals surface area contributed by atoms with Gasteiger partial charge in [-0.15, -0.1) is 0 Å². The second kappa shape index (κ2) is 11.6. The van der Waals surface area contributed by atoms with Crippen molar-refractivity contribution in [3.05, 3.63) is 24.2 Å². The lowest BCUT2D eigenvalue weighted by atomic mass is 10.2. The lowest BCUT2D eigenvalue weighted by molar-refractivity contribution is -0.127. The number of hydrogen-bond donors (Lipinski definition) is 2. The van der Waals surface area contributed by atoms with E-state index in [1.54, 1.807) is 25.3 Å². The van der Waals surface area contributed by atoms with Gasteiger partial charge in [-0.25, -0.2) is 4.99 Å². The average Bonchev–Trinajstić information content (AvgIpc) is 3.04. The van der Waals surface area contributed by atoms with E-state index in [9.17, 15) is 4.79 Å². The van der Waals surface area contributed by atoms with Crippen molar-refractivity contribution in [3.63, 3.8) is 0 Å². The van der Waals surface area contributed by atoms with Crippen LogP contribution < -0.4 is 10.6 Å².